The van der Waals surface area contributed by atoms with Crippen molar-refractivity contribution in [3.8, 4) is 0 Å². The fourth-order valence-corrected chi connectivity index (χ4v) is 1.92. The molecule has 1 aromatic carbocycles. The highest BCUT2D eigenvalue weighted by Gasteiger charge is 2.04. The number of hydrogen-bond donors (Lipinski definition) is 0. The summed E-state index contributed by atoms with van der Waals surface area (Å²) in [6.07, 6.45) is 9.41. The molecule has 0 heteroatoms. The Morgan fingerprint density at radius 2 is 2.00 bits per heavy atom. The number of hydrogen-bond acceptors (Lipinski definition) is 0. The van der Waals surface area contributed by atoms with Crippen LogP contribution in [0.4, 0.5) is 0 Å². The van der Waals surface area contributed by atoms with Crippen molar-refractivity contribution < 1.29 is 0 Å². The van der Waals surface area contributed by atoms with Crippen LogP contribution in [0.15, 0.2) is 24.3 Å². The molecule has 0 bridgehead atoms. The van der Waals surface area contributed by atoms with E-state index in [1.54, 1.807) is 0 Å². The van der Waals surface area contributed by atoms with Crippen LogP contribution in [0.25, 0.3) is 6.08 Å². The van der Waals surface area contributed by atoms with E-state index in [0.29, 0.717) is 0 Å². The fraction of sp³-hybridized carbons (Fsp3) is 0.467. The van der Waals surface area contributed by atoms with E-state index in [9.17, 15) is 0 Å². The van der Waals surface area contributed by atoms with Crippen LogP contribution in [0, 0.1) is 0 Å². The van der Waals surface area contributed by atoms with Gasteiger partial charge >= 0.3 is 0 Å². The maximum atomic E-state index is 2.34. The Kier molecular flexibility index (Phi) is 5.17. The van der Waals surface area contributed by atoms with Crippen molar-refractivity contribution in [2.45, 2.75) is 46.5 Å². The van der Waals surface area contributed by atoms with Gasteiger partial charge in [0.25, 0.3) is 0 Å². The van der Waals surface area contributed by atoms with E-state index in [-0.39, 0.29) is 0 Å². The van der Waals surface area contributed by atoms with Gasteiger partial charge < -0.3 is 0 Å². The molecule has 15 heavy (non-hydrogen) atoms. The SMILES string of the molecule is CC.CCCc1ccc2c(c1)C=CCC2. The molecule has 0 aromatic heterocycles. The van der Waals surface area contributed by atoms with Gasteiger partial charge in [0, 0.05) is 0 Å². The molecule has 1 aliphatic rings. The third kappa shape index (κ3) is 3.23. The van der Waals surface area contributed by atoms with Crippen LogP contribution < -0.4 is 0 Å². The minimum Gasteiger partial charge on any atom is -0.0836 e. The Bertz CT molecular complexity index is 321. The van der Waals surface area contributed by atoms with Crippen molar-refractivity contribution >= 4 is 6.08 Å². The zero-order valence-corrected chi connectivity index (χ0v) is 10.2. The van der Waals surface area contributed by atoms with E-state index < -0.39 is 0 Å². The van der Waals surface area contributed by atoms with Crippen LogP contribution in [0.2, 0.25) is 0 Å². The molecular formula is C15H22. The second-order valence-corrected chi connectivity index (χ2v) is 3.72. The lowest BCUT2D eigenvalue weighted by atomic mass is 9.94. The van der Waals surface area contributed by atoms with Crippen molar-refractivity contribution in [2.75, 3.05) is 0 Å². The molecule has 1 aromatic rings. The molecule has 0 amide bonds. The maximum absolute atomic E-state index is 2.34. The van der Waals surface area contributed by atoms with Gasteiger partial charge in [0.2, 0.25) is 0 Å². The van der Waals surface area contributed by atoms with Gasteiger partial charge in [0.1, 0.15) is 0 Å². The predicted molar refractivity (Wildman–Crippen MR) is 69.1 cm³/mol. The van der Waals surface area contributed by atoms with E-state index in [1.807, 2.05) is 13.8 Å². The Balaban J connectivity index is 0.000000531. The number of allylic oxidation sites excluding steroid dienone is 1. The molecular weight excluding hydrogens is 180 g/mol. The molecule has 82 valence electrons. The summed E-state index contributed by atoms with van der Waals surface area (Å²) in [6, 6.07) is 6.92. The number of benzene rings is 1. The van der Waals surface area contributed by atoms with Gasteiger partial charge in [-0.1, -0.05) is 57.5 Å². The second-order valence-electron chi connectivity index (χ2n) is 3.72. The second kappa shape index (κ2) is 6.44. The lowest BCUT2D eigenvalue weighted by Crippen LogP contribution is -1.95. The van der Waals surface area contributed by atoms with Gasteiger partial charge in [-0.05, 0) is 36.0 Å². The molecule has 0 N–H and O–H groups in total. The standard InChI is InChI=1S/C13H16.C2H6/c1-2-5-11-8-9-12-6-3-4-7-13(12)10-11;1-2/h4,7-10H,2-3,5-6H2,1H3;1-2H3. The summed E-state index contributed by atoms with van der Waals surface area (Å²) >= 11 is 0. The summed E-state index contributed by atoms with van der Waals surface area (Å²) in [5, 5.41) is 0. The first-order valence-corrected chi connectivity index (χ1v) is 6.18. The van der Waals surface area contributed by atoms with Crippen molar-refractivity contribution in [1.82, 2.24) is 0 Å². The molecule has 0 atom stereocenters. The third-order valence-corrected chi connectivity index (χ3v) is 2.63. The van der Waals surface area contributed by atoms with Crippen LogP contribution >= 0.6 is 0 Å². The molecule has 0 heterocycles. The highest BCUT2D eigenvalue weighted by Crippen LogP contribution is 2.20. The molecule has 0 saturated heterocycles. The van der Waals surface area contributed by atoms with E-state index in [2.05, 4.69) is 37.3 Å². The molecule has 1 aliphatic carbocycles. The summed E-state index contributed by atoms with van der Waals surface area (Å²) in [4.78, 5) is 0. The number of fused-ring (bicyclic) bond motifs is 1. The lowest BCUT2D eigenvalue weighted by Gasteiger charge is -2.11. The van der Waals surface area contributed by atoms with E-state index in [0.717, 1.165) is 0 Å². The largest absolute Gasteiger partial charge is 0.0836 e. The molecule has 0 aliphatic heterocycles. The van der Waals surface area contributed by atoms with Crippen molar-refractivity contribution in [3.05, 3.63) is 41.0 Å². The van der Waals surface area contributed by atoms with Crippen molar-refractivity contribution in [3.63, 3.8) is 0 Å². The normalized spacial score (nSPS) is 12.7. The number of rotatable bonds is 2. The minimum absolute atomic E-state index is 1.21. The van der Waals surface area contributed by atoms with E-state index >= 15 is 0 Å². The summed E-state index contributed by atoms with van der Waals surface area (Å²) in [7, 11) is 0. The van der Waals surface area contributed by atoms with Crippen molar-refractivity contribution in [1.29, 1.82) is 0 Å². The minimum atomic E-state index is 1.21. The fourth-order valence-electron chi connectivity index (χ4n) is 1.92. The van der Waals surface area contributed by atoms with Crippen LogP contribution in [0.1, 0.15) is 50.3 Å². The molecule has 0 saturated carbocycles. The quantitative estimate of drug-likeness (QED) is 0.656. The molecule has 2 rings (SSSR count). The van der Waals surface area contributed by atoms with Gasteiger partial charge in [0.15, 0.2) is 0 Å². The van der Waals surface area contributed by atoms with Crippen LogP contribution in [-0.4, -0.2) is 0 Å². The first kappa shape index (κ1) is 12.0. The topological polar surface area (TPSA) is 0 Å². The van der Waals surface area contributed by atoms with Gasteiger partial charge in [-0.25, -0.2) is 0 Å². The highest BCUT2D eigenvalue weighted by molar-refractivity contribution is 5.57. The van der Waals surface area contributed by atoms with Crippen molar-refractivity contribution in [2.24, 2.45) is 0 Å². The van der Waals surface area contributed by atoms with Crippen LogP contribution in [0.5, 0.6) is 0 Å². The Morgan fingerprint density at radius 3 is 2.73 bits per heavy atom. The summed E-state index contributed by atoms with van der Waals surface area (Å²) in [5.74, 6) is 0. The molecule has 0 fully saturated rings. The smallest absolute Gasteiger partial charge is 0.0225 e. The average molecular weight is 202 g/mol. The van der Waals surface area contributed by atoms with Crippen LogP contribution in [-0.2, 0) is 12.8 Å². The first-order chi connectivity index (χ1) is 7.40. The van der Waals surface area contributed by atoms with Gasteiger partial charge in [-0.15, -0.1) is 0 Å². The molecule has 0 nitrogen and oxygen atoms in total. The van der Waals surface area contributed by atoms with Gasteiger partial charge in [-0.2, -0.15) is 0 Å². The monoisotopic (exact) mass is 202 g/mol. The summed E-state index contributed by atoms with van der Waals surface area (Å²) in [6.45, 7) is 6.23. The van der Waals surface area contributed by atoms with E-state index in [1.165, 1.54) is 42.4 Å². The summed E-state index contributed by atoms with van der Waals surface area (Å²) < 4.78 is 0. The Morgan fingerprint density at radius 1 is 1.20 bits per heavy atom. The number of aryl methyl sites for hydroxylation is 2. The zero-order valence-electron chi connectivity index (χ0n) is 10.2. The maximum Gasteiger partial charge on any atom is -0.0225 e. The molecule has 0 unspecified atom stereocenters. The molecule has 0 radical (unpaired) electrons. The Hall–Kier alpha value is -1.04. The average Bonchev–Trinajstić information content (AvgIpc) is 2.32. The lowest BCUT2D eigenvalue weighted by molar-refractivity contribution is 0.914. The molecule has 0 spiro atoms. The van der Waals surface area contributed by atoms with Crippen LogP contribution in [0.3, 0.4) is 0 Å². The zero-order chi connectivity index (χ0) is 11.1. The highest BCUT2D eigenvalue weighted by atomic mass is 14.1. The first-order valence-electron chi connectivity index (χ1n) is 6.18. The predicted octanol–water partition coefficient (Wildman–Crippen LogP) is 4.62. The third-order valence-electron chi connectivity index (χ3n) is 2.63. The van der Waals surface area contributed by atoms with Gasteiger partial charge in [-0.3, -0.25) is 0 Å². The van der Waals surface area contributed by atoms with Gasteiger partial charge in [0.05, 0.1) is 0 Å². The summed E-state index contributed by atoms with van der Waals surface area (Å²) in [5.41, 5.74) is 4.44. The van der Waals surface area contributed by atoms with E-state index in [4.69, 9.17) is 0 Å². The Labute approximate surface area is 94.0 Å².